The number of hydrogen-bond donors (Lipinski definition) is 3. The lowest BCUT2D eigenvalue weighted by Crippen LogP contribution is -2.05. The minimum absolute atomic E-state index is 0.107. The van der Waals surface area contributed by atoms with Crippen LogP contribution in [-0.2, 0) is 4.79 Å². The van der Waals surface area contributed by atoms with Crippen molar-refractivity contribution in [3.8, 4) is 11.1 Å². The van der Waals surface area contributed by atoms with Crippen LogP contribution in [0.2, 0.25) is 0 Å². The predicted molar refractivity (Wildman–Crippen MR) is 108 cm³/mol. The van der Waals surface area contributed by atoms with E-state index in [1.165, 1.54) is 18.8 Å². The molecule has 0 bridgehead atoms. The number of carbonyl (C=O) groups is 1. The average Bonchev–Trinajstić information content (AvgIpc) is 3.07. The molecule has 0 radical (unpaired) electrons. The summed E-state index contributed by atoms with van der Waals surface area (Å²) in [7, 11) is 0. The lowest BCUT2D eigenvalue weighted by Gasteiger charge is -2.11. The highest BCUT2D eigenvalue weighted by atomic mass is 16.1. The van der Waals surface area contributed by atoms with E-state index < -0.39 is 0 Å². The molecule has 2 heterocycles. The van der Waals surface area contributed by atoms with Crippen LogP contribution < -0.4 is 10.6 Å². The van der Waals surface area contributed by atoms with Gasteiger partial charge in [0, 0.05) is 30.1 Å². The molecule has 3 N–H and O–H groups in total. The number of aromatic nitrogens is 3. The minimum atomic E-state index is -0.107. The molecule has 0 aliphatic rings. The van der Waals surface area contributed by atoms with Crippen molar-refractivity contribution in [1.29, 1.82) is 0 Å². The third-order valence-corrected chi connectivity index (χ3v) is 4.35. The summed E-state index contributed by atoms with van der Waals surface area (Å²) in [5.41, 5.74) is 5.69. The van der Waals surface area contributed by atoms with Crippen LogP contribution >= 0.6 is 0 Å². The van der Waals surface area contributed by atoms with Crippen molar-refractivity contribution in [2.24, 2.45) is 0 Å². The molecule has 0 aliphatic carbocycles. The standard InChI is InChI=1S/C21H19N5O/c1-13-6-3-4-9-17(13)18-11-22-20-19(18)21(24-12-23-20)26-16-8-5-7-15(10-16)25-14(2)27/h3-12H,1-2H3,(H,25,27)(H2,22,23,24,26). The van der Waals surface area contributed by atoms with Crippen molar-refractivity contribution < 1.29 is 4.79 Å². The maximum atomic E-state index is 11.3. The third-order valence-electron chi connectivity index (χ3n) is 4.35. The molecule has 6 nitrogen and oxygen atoms in total. The van der Waals surface area contributed by atoms with Gasteiger partial charge in [-0.2, -0.15) is 0 Å². The molecular weight excluding hydrogens is 338 g/mol. The molecule has 0 fully saturated rings. The molecule has 2 aromatic carbocycles. The fraction of sp³-hybridized carbons (Fsp3) is 0.0952. The second kappa shape index (κ2) is 6.92. The van der Waals surface area contributed by atoms with Gasteiger partial charge in [-0.25, -0.2) is 9.97 Å². The second-order valence-electron chi connectivity index (χ2n) is 6.35. The summed E-state index contributed by atoms with van der Waals surface area (Å²) in [6.45, 7) is 3.57. The van der Waals surface area contributed by atoms with E-state index in [4.69, 9.17) is 0 Å². The second-order valence-corrected chi connectivity index (χ2v) is 6.35. The molecule has 4 rings (SSSR count). The Morgan fingerprint density at radius 2 is 1.81 bits per heavy atom. The number of aromatic amines is 1. The fourth-order valence-corrected chi connectivity index (χ4v) is 3.16. The highest BCUT2D eigenvalue weighted by Gasteiger charge is 2.14. The van der Waals surface area contributed by atoms with Gasteiger partial charge in [0.05, 0.1) is 5.39 Å². The number of H-pyrrole nitrogens is 1. The first kappa shape index (κ1) is 16.8. The average molecular weight is 357 g/mol. The Hall–Kier alpha value is -3.67. The Labute approximate surface area is 156 Å². The van der Waals surface area contributed by atoms with Gasteiger partial charge in [-0.3, -0.25) is 4.79 Å². The van der Waals surface area contributed by atoms with Crippen LogP contribution in [0.25, 0.3) is 22.2 Å². The van der Waals surface area contributed by atoms with Gasteiger partial charge < -0.3 is 15.6 Å². The molecule has 2 aromatic heterocycles. The van der Waals surface area contributed by atoms with Crippen LogP contribution in [0.5, 0.6) is 0 Å². The minimum Gasteiger partial charge on any atom is -0.345 e. The first-order valence-corrected chi connectivity index (χ1v) is 8.64. The monoisotopic (exact) mass is 357 g/mol. The van der Waals surface area contributed by atoms with Gasteiger partial charge in [0.1, 0.15) is 17.8 Å². The number of amides is 1. The molecule has 0 spiro atoms. The van der Waals surface area contributed by atoms with E-state index >= 15 is 0 Å². The SMILES string of the molecule is CC(=O)Nc1cccc(Nc2ncnc3[nH]cc(-c4ccccc4C)c23)c1. The first-order valence-electron chi connectivity index (χ1n) is 8.64. The van der Waals surface area contributed by atoms with Crippen LogP contribution in [0.15, 0.2) is 61.1 Å². The van der Waals surface area contributed by atoms with Gasteiger partial charge in [0.15, 0.2) is 0 Å². The van der Waals surface area contributed by atoms with Crippen LogP contribution in [0.4, 0.5) is 17.2 Å². The van der Waals surface area contributed by atoms with Crippen molar-refractivity contribution >= 4 is 34.1 Å². The number of aryl methyl sites for hydroxylation is 1. The number of nitrogens with zero attached hydrogens (tertiary/aromatic N) is 2. The smallest absolute Gasteiger partial charge is 0.221 e. The van der Waals surface area contributed by atoms with Crippen LogP contribution in [-0.4, -0.2) is 20.9 Å². The molecule has 4 aromatic rings. The Morgan fingerprint density at radius 1 is 1.00 bits per heavy atom. The van der Waals surface area contributed by atoms with Gasteiger partial charge in [-0.05, 0) is 36.2 Å². The molecule has 0 unspecified atom stereocenters. The van der Waals surface area contributed by atoms with Gasteiger partial charge in [-0.15, -0.1) is 0 Å². The summed E-state index contributed by atoms with van der Waals surface area (Å²) in [6, 6.07) is 15.7. The molecule has 27 heavy (non-hydrogen) atoms. The van der Waals surface area contributed by atoms with E-state index in [-0.39, 0.29) is 5.91 Å². The molecule has 0 aliphatic heterocycles. The molecule has 1 amide bonds. The zero-order valence-corrected chi connectivity index (χ0v) is 15.1. The highest BCUT2D eigenvalue weighted by molar-refractivity contribution is 6.02. The van der Waals surface area contributed by atoms with Crippen molar-refractivity contribution in [3.63, 3.8) is 0 Å². The Bertz CT molecular complexity index is 1130. The maximum Gasteiger partial charge on any atom is 0.221 e. The summed E-state index contributed by atoms with van der Waals surface area (Å²) in [5.74, 6) is 0.600. The topological polar surface area (TPSA) is 82.7 Å². The maximum absolute atomic E-state index is 11.3. The fourth-order valence-electron chi connectivity index (χ4n) is 3.16. The largest absolute Gasteiger partial charge is 0.345 e. The van der Waals surface area contributed by atoms with E-state index in [9.17, 15) is 4.79 Å². The normalized spacial score (nSPS) is 10.7. The van der Waals surface area contributed by atoms with Crippen LogP contribution in [0.1, 0.15) is 12.5 Å². The van der Waals surface area contributed by atoms with E-state index in [2.05, 4.69) is 44.6 Å². The van der Waals surface area contributed by atoms with Crippen molar-refractivity contribution in [2.45, 2.75) is 13.8 Å². The van der Waals surface area contributed by atoms with Crippen molar-refractivity contribution in [1.82, 2.24) is 15.0 Å². The summed E-state index contributed by atoms with van der Waals surface area (Å²) in [5, 5.41) is 7.07. The number of hydrogen-bond acceptors (Lipinski definition) is 4. The quantitative estimate of drug-likeness (QED) is 0.497. The van der Waals surface area contributed by atoms with E-state index in [0.29, 0.717) is 5.82 Å². The zero-order chi connectivity index (χ0) is 18.8. The molecule has 0 atom stereocenters. The molecule has 134 valence electrons. The number of rotatable bonds is 4. The van der Waals surface area contributed by atoms with Gasteiger partial charge in [0.25, 0.3) is 0 Å². The van der Waals surface area contributed by atoms with Gasteiger partial charge in [0.2, 0.25) is 5.91 Å². The Morgan fingerprint density at radius 3 is 2.63 bits per heavy atom. The highest BCUT2D eigenvalue weighted by Crippen LogP contribution is 2.34. The molecule has 0 saturated carbocycles. The predicted octanol–water partition coefficient (Wildman–Crippen LogP) is 4.64. The van der Waals surface area contributed by atoms with Gasteiger partial charge >= 0.3 is 0 Å². The number of nitrogens with one attached hydrogen (secondary N) is 3. The zero-order valence-electron chi connectivity index (χ0n) is 15.1. The number of benzene rings is 2. The lowest BCUT2D eigenvalue weighted by atomic mass is 10.0. The Kier molecular flexibility index (Phi) is 4.30. The Balaban J connectivity index is 1.78. The molecular formula is C21H19N5O. The number of fused-ring (bicyclic) bond motifs is 1. The third kappa shape index (κ3) is 3.37. The van der Waals surface area contributed by atoms with Crippen LogP contribution in [0.3, 0.4) is 0 Å². The summed E-state index contributed by atoms with van der Waals surface area (Å²) in [4.78, 5) is 23.3. The summed E-state index contributed by atoms with van der Waals surface area (Å²) in [6.07, 6.45) is 3.49. The van der Waals surface area contributed by atoms with E-state index in [1.807, 2.05) is 42.6 Å². The first-order chi connectivity index (χ1) is 13.1. The van der Waals surface area contributed by atoms with E-state index in [0.717, 1.165) is 33.5 Å². The van der Waals surface area contributed by atoms with Crippen molar-refractivity contribution in [3.05, 3.63) is 66.6 Å². The number of carbonyl (C=O) groups excluding carboxylic acids is 1. The number of anilines is 3. The van der Waals surface area contributed by atoms with Crippen molar-refractivity contribution in [2.75, 3.05) is 10.6 Å². The molecule has 0 saturated heterocycles. The molecule has 6 heteroatoms. The summed E-state index contributed by atoms with van der Waals surface area (Å²) >= 11 is 0. The summed E-state index contributed by atoms with van der Waals surface area (Å²) < 4.78 is 0. The lowest BCUT2D eigenvalue weighted by molar-refractivity contribution is -0.114. The van der Waals surface area contributed by atoms with E-state index in [1.54, 1.807) is 0 Å². The van der Waals surface area contributed by atoms with Crippen LogP contribution in [0, 0.1) is 6.92 Å². The van der Waals surface area contributed by atoms with Gasteiger partial charge in [-0.1, -0.05) is 30.3 Å².